The van der Waals surface area contributed by atoms with Gasteiger partial charge in [0.2, 0.25) is 0 Å². The first kappa shape index (κ1) is 23.1. The monoisotopic (exact) mass is 483 g/mol. The van der Waals surface area contributed by atoms with Gasteiger partial charge >= 0.3 is 0 Å². The van der Waals surface area contributed by atoms with E-state index in [9.17, 15) is 9.59 Å². The van der Waals surface area contributed by atoms with Crippen LogP contribution in [0.2, 0.25) is 0 Å². The number of methoxy groups -OCH3 is 2. The molecule has 9 heteroatoms. The molecule has 5 aromatic rings. The topological polar surface area (TPSA) is 100 Å². The molecule has 1 N–H and O–H groups in total. The molecule has 0 aliphatic rings. The number of nitrogens with one attached hydrogen (secondary N) is 1. The fraction of sp³-hybridized carbons (Fsp3) is 0.185. The Balaban J connectivity index is 1.32. The van der Waals surface area contributed by atoms with Crippen LogP contribution in [0.15, 0.2) is 78.0 Å². The van der Waals surface area contributed by atoms with E-state index in [2.05, 4.69) is 33.6 Å². The summed E-state index contributed by atoms with van der Waals surface area (Å²) < 4.78 is 13.8. The molecular weight excluding hydrogens is 458 g/mol. The Hall–Kier alpha value is -4.66. The summed E-state index contributed by atoms with van der Waals surface area (Å²) in [4.78, 5) is 30.4. The smallest absolute Gasteiger partial charge is 0.264 e. The quantitative estimate of drug-likeness (QED) is 0.364. The summed E-state index contributed by atoms with van der Waals surface area (Å²) in [5.74, 6) is 0.551. The number of carbonyl (C=O) groups is 1. The van der Waals surface area contributed by atoms with Gasteiger partial charge in [0.05, 0.1) is 39.1 Å². The van der Waals surface area contributed by atoms with Crippen molar-refractivity contribution < 1.29 is 14.3 Å². The average Bonchev–Trinajstić information content (AvgIpc) is 3.33. The highest BCUT2D eigenvalue weighted by Gasteiger charge is 2.16. The average molecular weight is 484 g/mol. The van der Waals surface area contributed by atoms with Crippen molar-refractivity contribution in [2.75, 3.05) is 20.8 Å². The van der Waals surface area contributed by atoms with E-state index in [1.807, 2.05) is 24.3 Å². The first-order chi connectivity index (χ1) is 17.6. The van der Waals surface area contributed by atoms with Gasteiger partial charge in [-0.2, -0.15) is 5.10 Å². The van der Waals surface area contributed by atoms with Crippen LogP contribution in [-0.2, 0) is 13.1 Å². The van der Waals surface area contributed by atoms with Crippen LogP contribution in [0.1, 0.15) is 15.9 Å². The molecule has 3 aromatic carbocycles. The van der Waals surface area contributed by atoms with Gasteiger partial charge in [-0.25, -0.2) is 9.67 Å². The molecule has 0 aliphatic heterocycles. The number of hydrogen-bond donors (Lipinski definition) is 1. The zero-order chi connectivity index (χ0) is 25.1. The van der Waals surface area contributed by atoms with Gasteiger partial charge < -0.3 is 14.8 Å². The Kier molecular flexibility index (Phi) is 6.36. The third-order valence-corrected chi connectivity index (χ3v) is 6.10. The van der Waals surface area contributed by atoms with E-state index in [1.165, 1.54) is 20.4 Å². The van der Waals surface area contributed by atoms with E-state index in [-0.39, 0.29) is 18.0 Å². The van der Waals surface area contributed by atoms with Crippen LogP contribution in [0.25, 0.3) is 21.8 Å². The third-order valence-electron chi connectivity index (χ3n) is 6.10. The number of hydrogen-bond acceptors (Lipinski definition) is 6. The third kappa shape index (κ3) is 4.26. The Morgan fingerprint density at radius 2 is 1.78 bits per heavy atom. The van der Waals surface area contributed by atoms with E-state index in [4.69, 9.17) is 9.47 Å². The van der Waals surface area contributed by atoms with Crippen molar-refractivity contribution >= 4 is 27.7 Å². The van der Waals surface area contributed by atoms with E-state index < -0.39 is 0 Å². The maximum absolute atomic E-state index is 13.2. The first-order valence-electron chi connectivity index (χ1n) is 11.5. The number of rotatable bonds is 8. The van der Waals surface area contributed by atoms with Crippen molar-refractivity contribution in [3.63, 3.8) is 0 Å². The molecule has 182 valence electrons. The normalized spacial score (nSPS) is 11.1. The summed E-state index contributed by atoms with van der Waals surface area (Å²) in [6.07, 6.45) is 3.07. The van der Waals surface area contributed by atoms with Gasteiger partial charge in [0.1, 0.15) is 11.7 Å². The van der Waals surface area contributed by atoms with Crippen molar-refractivity contribution in [2.24, 2.45) is 0 Å². The van der Waals surface area contributed by atoms with Gasteiger partial charge in [-0.3, -0.25) is 14.2 Å². The highest BCUT2D eigenvalue weighted by molar-refractivity contribution is 5.97. The summed E-state index contributed by atoms with van der Waals surface area (Å²) in [5, 5.41) is 9.84. The molecule has 0 spiro atoms. The SMILES string of the molecule is COc1cccc(C(=O)NCCn2ncc3c(=O)n(Cc4cccc5ccccc45)cnc32)c1OC. The number of para-hydroxylation sites is 1. The van der Waals surface area contributed by atoms with Crippen molar-refractivity contribution in [3.8, 4) is 11.5 Å². The van der Waals surface area contributed by atoms with Gasteiger partial charge in [-0.15, -0.1) is 0 Å². The zero-order valence-electron chi connectivity index (χ0n) is 20.0. The molecule has 5 rings (SSSR count). The van der Waals surface area contributed by atoms with Crippen LogP contribution in [0, 0.1) is 0 Å². The van der Waals surface area contributed by atoms with Crippen LogP contribution in [-0.4, -0.2) is 46.0 Å². The maximum Gasteiger partial charge on any atom is 0.264 e. The molecule has 36 heavy (non-hydrogen) atoms. The molecule has 0 saturated heterocycles. The lowest BCUT2D eigenvalue weighted by atomic mass is 10.0. The number of amides is 1. The lowest BCUT2D eigenvalue weighted by Gasteiger charge is -2.12. The summed E-state index contributed by atoms with van der Waals surface area (Å²) in [6.45, 7) is 1.05. The van der Waals surface area contributed by atoms with Crippen molar-refractivity contribution in [2.45, 2.75) is 13.1 Å². The molecule has 9 nitrogen and oxygen atoms in total. The minimum absolute atomic E-state index is 0.163. The molecule has 0 saturated carbocycles. The second-order valence-electron chi connectivity index (χ2n) is 8.22. The molecule has 2 aromatic heterocycles. The molecule has 0 unspecified atom stereocenters. The zero-order valence-corrected chi connectivity index (χ0v) is 20.0. The molecular formula is C27H25N5O4. The van der Waals surface area contributed by atoms with Crippen molar-refractivity contribution in [3.05, 3.63) is 94.7 Å². The summed E-state index contributed by atoms with van der Waals surface area (Å²) >= 11 is 0. The number of fused-ring (bicyclic) bond motifs is 2. The van der Waals surface area contributed by atoms with Gasteiger partial charge in [0.15, 0.2) is 17.1 Å². The lowest BCUT2D eigenvalue weighted by molar-refractivity contribution is 0.0948. The Morgan fingerprint density at radius 3 is 2.61 bits per heavy atom. The molecule has 2 heterocycles. The number of nitrogens with zero attached hydrogens (tertiary/aromatic N) is 4. The minimum Gasteiger partial charge on any atom is -0.493 e. The second kappa shape index (κ2) is 9.91. The van der Waals surface area contributed by atoms with E-state index in [0.29, 0.717) is 41.2 Å². The minimum atomic E-state index is -0.299. The standard InChI is InChI=1S/C27H25N5O4/c1-35-23-12-6-11-21(24(23)36-2)26(33)28-13-14-32-25-22(15-30-32)27(34)31(17-29-25)16-19-9-5-8-18-7-3-4-10-20(18)19/h3-12,15,17H,13-14,16H2,1-2H3,(H,28,33). The summed E-state index contributed by atoms with van der Waals surface area (Å²) in [6, 6.07) is 19.3. The fourth-order valence-corrected chi connectivity index (χ4v) is 4.32. The summed E-state index contributed by atoms with van der Waals surface area (Å²) in [7, 11) is 3.01. The van der Waals surface area contributed by atoms with Crippen LogP contribution in [0.5, 0.6) is 11.5 Å². The first-order valence-corrected chi connectivity index (χ1v) is 11.5. The Bertz CT molecular complexity index is 1620. The second-order valence-corrected chi connectivity index (χ2v) is 8.22. The number of ether oxygens (including phenoxy) is 2. The highest BCUT2D eigenvalue weighted by atomic mass is 16.5. The number of benzene rings is 3. The Labute approximate surface area is 206 Å². The number of aromatic nitrogens is 4. The number of carbonyl (C=O) groups excluding carboxylic acids is 1. The van der Waals surface area contributed by atoms with Gasteiger partial charge in [-0.05, 0) is 28.5 Å². The van der Waals surface area contributed by atoms with Crippen LogP contribution in [0.3, 0.4) is 0 Å². The van der Waals surface area contributed by atoms with E-state index in [0.717, 1.165) is 16.3 Å². The van der Waals surface area contributed by atoms with E-state index >= 15 is 0 Å². The van der Waals surface area contributed by atoms with Crippen molar-refractivity contribution in [1.29, 1.82) is 0 Å². The lowest BCUT2D eigenvalue weighted by Crippen LogP contribution is -2.28. The predicted molar refractivity (Wildman–Crippen MR) is 137 cm³/mol. The molecule has 0 radical (unpaired) electrons. The molecule has 0 aliphatic carbocycles. The van der Waals surface area contributed by atoms with Crippen LogP contribution >= 0.6 is 0 Å². The van der Waals surface area contributed by atoms with Gasteiger partial charge in [0.25, 0.3) is 11.5 Å². The van der Waals surface area contributed by atoms with Gasteiger partial charge in [0, 0.05) is 6.54 Å². The highest BCUT2D eigenvalue weighted by Crippen LogP contribution is 2.30. The molecule has 1 amide bonds. The largest absolute Gasteiger partial charge is 0.493 e. The van der Waals surface area contributed by atoms with E-state index in [1.54, 1.807) is 33.8 Å². The molecule has 0 atom stereocenters. The van der Waals surface area contributed by atoms with Crippen LogP contribution < -0.4 is 20.3 Å². The maximum atomic E-state index is 13.2. The molecule has 0 fully saturated rings. The van der Waals surface area contributed by atoms with Crippen LogP contribution in [0.4, 0.5) is 0 Å². The van der Waals surface area contributed by atoms with Gasteiger partial charge in [-0.1, -0.05) is 48.5 Å². The fourth-order valence-electron chi connectivity index (χ4n) is 4.32. The van der Waals surface area contributed by atoms with Crippen molar-refractivity contribution in [1.82, 2.24) is 24.6 Å². The molecule has 0 bridgehead atoms. The predicted octanol–water partition coefficient (Wildman–Crippen LogP) is 3.24. The summed E-state index contributed by atoms with van der Waals surface area (Å²) in [5.41, 5.74) is 1.72. The Morgan fingerprint density at radius 1 is 0.972 bits per heavy atom.